The topological polar surface area (TPSA) is 80.3 Å². The van der Waals surface area contributed by atoms with Crippen LogP contribution < -0.4 is 14.8 Å². The first-order valence-electron chi connectivity index (χ1n) is 13.0. The lowest BCUT2D eigenvalue weighted by atomic mass is 9.92. The predicted octanol–water partition coefficient (Wildman–Crippen LogP) is 3.60. The Hall–Kier alpha value is -3.10. The van der Waals surface area contributed by atoms with Crippen LogP contribution in [-0.2, 0) is 16.1 Å². The first-order valence-corrected chi connectivity index (χ1v) is 13.0. The summed E-state index contributed by atoms with van der Waals surface area (Å²) in [5.74, 6) is 0.921. The number of amides is 2. The fourth-order valence-electron chi connectivity index (χ4n) is 4.85. The fraction of sp³-hybridized carbons (Fsp3) is 0.517. The highest BCUT2D eigenvalue weighted by Crippen LogP contribution is 2.30. The predicted molar refractivity (Wildman–Crippen MR) is 144 cm³/mol. The quantitative estimate of drug-likeness (QED) is 0.439. The van der Waals surface area contributed by atoms with Crippen molar-refractivity contribution in [1.82, 2.24) is 15.1 Å². The molecule has 1 heterocycles. The molecule has 0 bridgehead atoms. The Kier molecular flexibility index (Phi) is 10.8. The van der Waals surface area contributed by atoms with Crippen molar-refractivity contribution in [3.05, 3.63) is 59.7 Å². The van der Waals surface area contributed by atoms with Crippen LogP contribution in [0.15, 0.2) is 48.5 Å². The number of nitrogens with one attached hydrogen (secondary N) is 1. The normalized spacial score (nSPS) is 17.4. The van der Waals surface area contributed by atoms with Crippen molar-refractivity contribution < 1.29 is 23.8 Å². The largest absolute Gasteiger partial charge is 0.493 e. The minimum absolute atomic E-state index is 0.0385. The molecule has 1 N–H and O–H groups in total. The summed E-state index contributed by atoms with van der Waals surface area (Å²) < 4.78 is 16.4. The zero-order chi connectivity index (χ0) is 26.8. The Morgan fingerprint density at radius 2 is 1.78 bits per heavy atom. The molecule has 8 heteroatoms. The van der Waals surface area contributed by atoms with Crippen molar-refractivity contribution in [3.8, 4) is 11.5 Å². The Bertz CT molecular complexity index is 1010. The lowest BCUT2D eigenvalue weighted by molar-refractivity contribution is -0.136. The summed E-state index contributed by atoms with van der Waals surface area (Å²) in [6.07, 6.45) is 1.35. The van der Waals surface area contributed by atoms with Crippen molar-refractivity contribution in [2.45, 2.75) is 45.3 Å². The molecule has 2 aromatic rings. The first kappa shape index (κ1) is 28.5. The van der Waals surface area contributed by atoms with Gasteiger partial charge in [-0.3, -0.25) is 9.59 Å². The summed E-state index contributed by atoms with van der Waals surface area (Å²) in [6.45, 7) is 6.89. The van der Waals surface area contributed by atoms with E-state index in [2.05, 4.69) is 5.32 Å². The first-order chi connectivity index (χ1) is 17.8. The van der Waals surface area contributed by atoms with Gasteiger partial charge in [-0.05, 0) is 44.0 Å². The van der Waals surface area contributed by atoms with Crippen molar-refractivity contribution in [1.29, 1.82) is 0 Å². The van der Waals surface area contributed by atoms with Gasteiger partial charge in [-0.25, -0.2) is 0 Å². The monoisotopic (exact) mass is 511 g/mol. The molecule has 0 radical (unpaired) electrons. The van der Waals surface area contributed by atoms with Crippen LogP contribution in [0, 0.1) is 5.92 Å². The van der Waals surface area contributed by atoms with E-state index in [1.807, 2.05) is 56.1 Å². The van der Waals surface area contributed by atoms with Crippen molar-refractivity contribution in [2.75, 3.05) is 47.6 Å². The third-order valence-electron chi connectivity index (χ3n) is 6.66. The molecule has 1 aliphatic heterocycles. The van der Waals surface area contributed by atoms with Gasteiger partial charge >= 0.3 is 0 Å². The smallest absolute Gasteiger partial charge is 0.254 e. The molecule has 1 aliphatic rings. The Balaban J connectivity index is 1.72. The second-order valence-electron chi connectivity index (χ2n) is 9.79. The zero-order valence-electron chi connectivity index (χ0n) is 22.7. The summed E-state index contributed by atoms with van der Waals surface area (Å²) in [5, 5.41) is 3.40. The number of hydrogen-bond acceptors (Lipinski definition) is 6. The van der Waals surface area contributed by atoms with Crippen LogP contribution in [-0.4, -0.2) is 81.3 Å². The van der Waals surface area contributed by atoms with E-state index >= 15 is 0 Å². The number of ether oxygens (including phenoxy) is 3. The minimum Gasteiger partial charge on any atom is -0.493 e. The van der Waals surface area contributed by atoms with E-state index in [4.69, 9.17) is 14.2 Å². The van der Waals surface area contributed by atoms with Crippen LogP contribution in [0.5, 0.6) is 11.5 Å². The van der Waals surface area contributed by atoms with Crippen LogP contribution >= 0.6 is 0 Å². The summed E-state index contributed by atoms with van der Waals surface area (Å²) in [6, 6.07) is 15.1. The molecular weight excluding hydrogens is 470 g/mol. The van der Waals surface area contributed by atoms with E-state index in [-0.39, 0.29) is 29.8 Å². The van der Waals surface area contributed by atoms with Gasteiger partial charge in [-0.15, -0.1) is 0 Å². The third-order valence-corrected chi connectivity index (χ3v) is 6.66. The molecule has 1 saturated heterocycles. The number of carbonyl (C=O) groups is 2. The van der Waals surface area contributed by atoms with Gasteiger partial charge in [-0.1, -0.05) is 30.3 Å². The van der Waals surface area contributed by atoms with Crippen LogP contribution in [0.2, 0.25) is 0 Å². The van der Waals surface area contributed by atoms with Gasteiger partial charge in [-0.2, -0.15) is 0 Å². The highest BCUT2D eigenvalue weighted by Gasteiger charge is 2.35. The van der Waals surface area contributed by atoms with Crippen LogP contribution in [0.4, 0.5) is 0 Å². The standard InChI is InChI=1S/C29H41N3O5/c1-21(2)32(29(34)23-12-13-26(36-5)27(17-23)37-15-9-14-35-4)25-16-24(18-30-19-25)28(33)31(3)20-22-10-7-6-8-11-22/h6-8,10-13,17,21,24-25,30H,9,14-16,18-20H2,1-5H3. The maximum Gasteiger partial charge on any atom is 0.254 e. The molecular formula is C29H41N3O5. The Morgan fingerprint density at radius 1 is 1.03 bits per heavy atom. The molecule has 2 atom stereocenters. The van der Waals surface area contributed by atoms with E-state index in [1.54, 1.807) is 37.3 Å². The molecule has 1 fully saturated rings. The number of rotatable bonds is 12. The van der Waals surface area contributed by atoms with Gasteiger partial charge in [0.25, 0.3) is 5.91 Å². The maximum absolute atomic E-state index is 13.8. The highest BCUT2D eigenvalue weighted by molar-refractivity contribution is 5.95. The molecule has 2 amide bonds. The molecule has 202 valence electrons. The lowest BCUT2D eigenvalue weighted by Gasteiger charge is -2.40. The van der Waals surface area contributed by atoms with Crippen LogP contribution in [0.25, 0.3) is 0 Å². The van der Waals surface area contributed by atoms with E-state index in [0.717, 1.165) is 12.0 Å². The maximum atomic E-state index is 13.8. The Morgan fingerprint density at radius 3 is 2.46 bits per heavy atom. The number of nitrogens with zero attached hydrogens (tertiary/aromatic N) is 2. The van der Waals surface area contributed by atoms with E-state index in [1.165, 1.54) is 0 Å². The summed E-state index contributed by atoms with van der Waals surface area (Å²) in [4.78, 5) is 30.7. The molecule has 3 rings (SSSR count). The molecule has 2 aromatic carbocycles. The van der Waals surface area contributed by atoms with Crippen molar-refractivity contribution in [2.24, 2.45) is 5.92 Å². The fourth-order valence-corrected chi connectivity index (χ4v) is 4.85. The van der Waals surface area contributed by atoms with Gasteiger partial charge in [0.1, 0.15) is 0 Å². The number of carbonyl (C=O) groups excluding carboxylic acids is 2. The van der Waals surface area contributed by atoms with Crippen molar-refractivity contribution in [3.63, 3.8) is 0 Å². The van der Waals surface area contributed by atoms with Gasteiger partial charge in [0, 0.05) is 64.5 Å². The molecule has 0 spiro atoms. The van der Waals surface area contributed by atoms with Crippen LogP contribution in [0.3, 0.4) is 0 Å². The minimum atomic E-state index is -0.197. The Labute approximate surface area is 220 Å². The molecule has 0 aromatic heterocycles. The highest BCUT2D eigenvalue weighted by atomic mass is 16.5. The third kappa shape index (κ3) is 7.69. The molecule has 0 saturated carbocycles. The second-order valence-corrected chi connectivity index (χ2v) is 9.79. The van der Waals surface area contributed by atoms with E-state index < -0.39 is 0 Å². The number of piperidine rings is 1. The number of methoxy groups -OCH3 is 2. The average Bonchev–Trinajstić information content (AvgIpc) is 2.91. The van der Waals surface area contributed by atoms with E-state index in [0.29, 0.717) is 56.3 Å². The second kappa shape index (κ2) is 14.0. The van der Waals surface area contributed by atoms with E-state index in [9.17, 15) is 9.59 Å². The molecule has 8 nitrogen and oxygen atoms in total. The van der Waals surface area contributed by atoms with Crippen LogP contribution in [0.1, 0.15) is 42.6 Å². The molecule has 2 unspecified atom stereocenters. The molecule has 37 heavy (non-hydrogen) atoms. The van der Waals surface area contributed by atoms with Crippen molar-refractivity contribution >= 4 is 11.8 Å². The summed E-state index contributed by atoms with van der Waals surface area (Å²) >= 11 is 0. The average molecular weight is 512 g/mol. The lowest BCUT2D eigenvalue weighted by Crippen LogP contribution is -2.55. The van der Waals surface area contributed by atoms with Gasteiger partial charge in [0.2, 0.25) is 5.91 Å². The van der Waals surface area contributed by atoms with Gasteiger partial charge in [0.05, 0.1) is 19.6 Å². The summed E-state index contributed by atoms with van der Waals surface area (Å²) in [5.41, 5.74) is 1.63. The molecule has 0 aliphatic carbocycles. The number of hydrogen-bond donors (Lipinski definition) is 1. The summed E-state index contributed by atoms with van der Waals surface area (Å²) in [7, 11) is 5.08. The zero-order valence-corrected chi connectivity index (χ0v) is 22.7. The van der Waals surface area contributed by atoms with Gasteiger partial charge < -0.3 is 29.3 Å². The number of benzene rings is 2. The SMILES string of the molecule is COCCCOc1cc(C(=O)N(C(C)C)C2CNCC(C(=O)N(C)Cc3ccccc3)C2)ccc1OC. The van der Waals surface area contributed by atoms with Gasteiger partial charge in [0.15, 0.2) is 11.5 Å².